The van der Waals surface area contributed by atoms with Crippen LogP contribution >= 0.6 is 0 Å². The summed E-state index contributed by atoms with van der Waals surface area (Å²) in [6.45, 7) is 1.63. The van der Waals surface area contributed by atoms with Crippen LogP contribution in [0.2, 0.25) is 0 Å². The van der Waals surface area contributed by atoms with E-state index in [2.05, 4.69) is 15.9 Å². The van der Waals surface area contributed by atoms with E-state index >= 15 is 0 Å². The highest BCUT2D eigenvalue weighted by Gasteiger charge is 2.52. The molecule has 3 N–H and O–H groups in total. The van der Waals surface area contributed by atoms with Crippen LogP contribution in [0.15, 0.2) is 18.2 Å². The van der Waals surface area contributed by atoms with Crippen LogP contribution in [-0.2, 0) is 27.5 Å². The number of fused-ring (bicyclic) bond motifs is 1. The normalized spacial score (nSPS) is 26.2. The fourth-order valence-corrected chi connectivity index (χ4v) is 5.35. The Balaban J connectivity index is 1.36. The van der Waals surface area contributed by atoms with Gasteiger partial charge in [0.2, 0.25) is 17.7 Å². The van der Waals surface area contributed by atoms with Crippen LogP contribution in [0.4, 0.5) is 8.78 Å². The highest BCUT2D eigenvalue weighted by molar-refractivity contribution is 6.04. The highest BCUT2D eigenvalue weighted by Crippen LogP contribution is 2.44. The largest absolute Gasteiger partial charge is 0.360 e. The van der Waals surface area contributed by atoms with Crippen LogP contribution in [0.25, 0.3) is 0 Å². The summed E-state index contributed by atoms with van der Waals surface area (Å²) in [5.41, 5.74) is 2.13. The van der Waals surface area contributed by atoms with E-state index in [1.807, 2.05) is 6.07 Å². The van der Waals surface area contributed by atoms with Crippen molar-refractivity contribution in [1.29, 1.82) is 5.26 Å². The molecule has 12 heteroatoms. The summed E-state index contributed by atoms with van der Waals surface area (Å²) in [6, 6.07) is 6.15. The molecule has 0 bridgehead atoms. The summed E-state index contributed by atoms with van der Waals surface area (Å²) < 4.78 is 27.6. The number of nitrogens with zero attached hydrogens (tertiary/aromatic N) is 2. The minimum Gasteiger partial charge on any atom is -0.360 e. The van der Waals surface area contributed by atoms with E-state index in [9.17, 15) is 33.2 Å². The third-order valence-electron chi connectivity index (χ3n) is 7.27. The molecule has 36 heavy (non-hydrogen) atoms. The molecule has 2 aliphatic heterocycles. The molecule has 1 saturated carbocycles. The average Bonchev–Trinajstić information content (AvgIpc) is 3.53. The number of hydrogen-bond acceptors (Lipinski definition) is 6. The zero-order valence-electron chi connectivity index (χ0n) is 20.0. The van der Waals surface area contributed by atoms with Gasteiger partial charge in [0.25, 0.3) is 5.91 Å². The maximum absolute atomic E-state index is 13.8. The van der Waals surface area contributed by atoms with Crippen molar-refractivity contribution < 1.29 is 28.0 Å². The number of carbonyl (C=O) groups excluding carboxylic acids is 4. The van der Waals surface area contributed by atoms with Gasteiger partial charge >= 0.3 is 0 Å². The van der Waals surface area contributed by atoms with E-state index < -0.39 is 54.3 Å². The van der Waals surface area contributed by atoms with Crippen LogP contribution in [-0.4, -0.2) is 61.4 Å². The van der Waals surface area contributed by atoms with Crippen LogP contribution in [0.5, 0.6) is 0 Å². The minimum absolute atomic E-state index is 0.0313. The number of ketones is 1. The summed E-state index contributed by atoms with van der Waals surface area (Å²) in [7, 11) is 1.79. The summed E-state index contributed by atoms with van der Waals surface area (Å²) in [5, 5.41) is 17.5. The molecule has 4 rings (SSSR count). The first-order valence-electron chi connectivity index (χ1n) is 12.1. The van der Waals surface area contributed by atoms with Crippen LogP contribution < -0.4 is 15.9 Å². The lowest BCUT2D eigenvalue weighted by atomic mass is 9.87. The van der Waals surface area contributed by atoms with Crippen molar-refractivity contribution in [2.75, 3.05) is 13.1 Å². The molecule has 1 aromatic carbocycles. The van der Waals surface area contributed by atoms with Gasteiger partial charge in [-0.25, -0.2) is 8.78 Å². The van der Waals surface area contributed by atoms with Gasteiger partial charge in [-0.15, -0.1) is 0 Å². The molecule has 0 radical (unpaired) electrons. The molecule has 4 atom stereocenters. The van der Waals surface area contributed by atoms with Gasteiger partial charge in [0.1, 0.15) is 0 Å². The maximum Gasteiger partial charge on any atom is 0.251 e. The molecule has 0 aromatic heterocycles. The lowest BCUT2D eigenvalue weighted by molar-refractivity contribution is -0.135. The van der Waals surface area contributed by atoms with Crippen molar-refractivity contribution in [3.05, 3.63) is 34.9 Å². The van der Waals surface area contributed by atoms with Crippen molar-refractivity contribution in [3.8, 4) is 6.07 Å². The average molecular weight is 499 g/mol. The van der Waals surface area contributed by atoms with Gasteiger partial charge in [0.05, 0.1) is 18.0 Å². The highest BCUT2D eigenvalue weighted by atomic mass is 19.3. The van der Waals surface area contributed by atoms with Gasteiger partial charge < -0.3 is 20.8 Å². The molecule has 2 heterocycles. The number of nitrogens with one attached hydrogen (secondary N) is 3. The summed E-state index contributed by atoms with van der Waals surface area (Å²) >= 11 is 0. The first-order chi connectivity index (χ1) is 17.1. The second kappa shape index (κ2) is 10.3. The molecular weight excluding hydrogens is 471 g/mol. The standard InChI is InChI=1S/C24H28BF2N5O4/c25-30-5-4-29-23(36)16-3-1-2-13-11-32(12-18(13)16)20(33)7-14-6-19(31-22(14)35)21(34)17-9-24(26,27)8-15(17)10-28/h1-3,14-15,17,19,30H,4-9,11-12,25H2,(H,29,36)(H,31,35)/t14-,15-,17?,19-/m0/s1. The first kappa shape index (κ1) is 25.8. The van der Waals surface area contributed by atoms with Crippen LogP contribution in [0, 0.1) is 29.1 Å². The minimum atomic E-state index is -3.08. The molecule has 1 aliphatic carbocycles. The van der Waals surface area contributed by atoms with Crippen molar-refractivity contribution in [1.82, 2.24) is 20.8 Å². The molecule has 2 fully saturated rings. The van der Waals surface area contributed by atoms with E-state index in [1.165, 1.54) is 0 Å². The van der Waals surface area contributed by atoms with Gasteiger partial charge in [0, 0.05) is 62.8 Å². The Bertz CT molecular complexity index is 1120. The Labute approximate surface area is 208 Å². The number of carbonyl (C=O) groups is 4. The number of Topliss-reactive ketones (excluding diaryl/α,β-unsaturated/α-hetero) is 1. The van der Waals surface area contributed by atoms with Crippen LogP contribution in [0.1, 0.15) is 47.2 Å². The van der Waals surface area contributed by atoms with E-state index in [-0.39, 0.29) is 31.2 Å². The molecule has 3 aliphatic rings. The van der Waals surface area contributed by atoms with E-state index in [0.717, 1.165) is 11.1 Å². The Morgan fingerprint density at radius 3 is 2.72 bits per heavy atom. The number of hydrogen-bond donors (Lipinski definition) is 3. The molecule has 1 unspecified atom stereocenters. The zero-order chi connectivity index (χ0) is 26.0. The number of nitriles is 1. The zero-order valence-corrected chi connectivity index (χ0v) is 20.0. The third kappa shape index (κ3) is 5.26. The molecule has 3 amide bonds. The van der Waals surface area contributed by atoms with E-state index in [1.54, 1.807) is 31.1 Å². The number of rotatable bonds is 8. The number of alkyl halides is 2. The summed E-state index contributed by atoms with van der Waals surface area (Å²) in [6.07, 6.45) is -1.45. The van der Waals surface area contributed by atoms with E-state index in [0.29, 0.717) is 25.2 Å². The topological polar surface area (TPSA) is 131 Å². The molecule has 1 saturated heterocycles. The third-order valence-corrected chi connectivity index (χ3v) is 7.27. The lowest BCUT2D eigenvalue weighted by Gasteiger charge is -2.18. The van der Waals surface area contributed by atoms with Crippen molar-refractivity contribution >= 4 is 31.5 Å². The molecule has 1 aromatic rings. The predicted molar refractivity (Wildman–Crippen MR) is 126 cm³/mol. The number of benzene rings is 1. The Morgan fingerprint density at radius 2 is 2.00 bits per heavy atom. The summed E-state index contributed by atoms with van der Waals surface area (Å²) in [5.74, 6) is -7.60. The van der Waals surface area contributed by atoms with E-state index in [4.69, 9.17) is 0 Å². The molecule has 190 valence electrons. The molecular formula is C24H28BF2N5O4. The van der Waals surface area contributed by atoms with Gasteiger partial charge in [-0.2, -0.15) is 5.26 Å². The van der Waals surface area contributed by atoms with Crippen LogP contribution in [0.3, 0.4) is 0 Å². The van der Waals surface area contributed by atoms with Gasteiger partial charge in [0.15, 0.2) is 13.8 Å². The second-order valence-electron chi connectivity index (χ2n) is 9.76. The Morgan fingerprint density at radius 1 is 1.22 bits per heavy atom. The number of amides is 3. The molecule has 0 spiro atoms. The fourth-order valence-electron chi connectivity index (χ4n) is 5.35. The monoisotopic (exact) mass is 499 g/mol. The Kier molecular flexibility index (Phi) is 7.40. The van der Waals surface area contributed by atoms with Crippen molar-refractivity contribution in [2.45, 2.75) is 50.7 Å². The van der Waals surface area contributed by atoms with Gasteiger partial charge in [-0.1, -0.05) is 12.1 Å². The fraction of sp³-hybridized carbons (Fsp3) is 0.542. The van der Waals surface area contributed by atoms with Crippen molar-refractivity contribution in [3.63, 3.8) is 0 Å². The summed E-state index contributed by atoms with van der Waals surface area (Å²) in [4.78, 5) is 52.5. The smallest absolute Gasteiger partial charge is 0.251 e. The van der Waals surface area contributed by atoms with Crippen molar-refractivity contribution in [2.24, 2.45) is 17.8 Å². The lowest BCUT2D eigenvalue weighted by Crippen LogP contribution is -2.38. The van der Waals surface area contributed by atoms with Gasteiger partial charge in [-0.3, -0.25) is 19.2 Å². The predicted octanol–water partition coefficient (Wildman–Crippen LogP) is 0.0453. The molecule has 9 nitrogen and oxygen atoms in total. The maximum atomic E-state index is 13.8. The Hall–Kier alpha value is -3.33. The first-order valence-corrected chi connectivity index (χ1v) is 12.1. The number of halogens is 2. The van der Waals surface area contributed by atoms with Gasteiger partial charge in [-0.05, 0) is 23.6 Å². The SMILES string of the molecule is BNCCNC(=O)c1cccc2c1CN(C(=O)C[C@@H]1C[C@@H](C(=O)C3CC(F)(F)C[C@H]3C#N)NC1=O)C2. The second-order valence-corrected chi connectivity index (χ2v) is 9.76. The quantitative estimate of drug-likeness (QED) is 0.342.